The highest BCUT2D eigenvalue weighted by molar-refractivity contribution is 5.81. The van der Waals surface area contributed by atoms with Crippen molar-refractivity contribution in [3.05, 3.63) is 53.5 Å². The van der Waals surface area contributed by atoms with E-state index >= 15 is 0 Å². The van der Waals surface area contributed by atoms with Crippen LogP contribution in [-0.2, 0) is 12.8 Å². The van der Waals surface area contributed by atoms with Crippen LogP contribution in [0.4, 0.5) is 0 Å². The van der Waals surface area contributed by atoms with E-state index in [0.717, 1.165) is 35.8 Å². The molecule has 0 amide bonds. The van der Waals surface area contributed by atoms with E-state index in [9.17, 15) is 0 Å². The van der Waals surface area contributed by atoms with Crippen LogP contribution in [0.25, 0.3) is 5.57 Å². The fourth-order valence-corrected chi connectivity index (χ4v) is 1.99. The van der Waals surface area contributed by atoms with E-state index in [1.165, 1.54) is 5.56 Å². The van der Waals surface area contributed by atoms with Crippen molar-refractivity contribution in [1.29, 1.82) is 0 Å². The molecule has 0 aliphatic heterocycles. The molecule has 2 aromatic heterocycles. The lowest BCUT2D eigenvalue weighted by Crippen LogP contribution is -1.88. The lowest BCUT2D eigenvalue weighted by Gasteiger charge is -2.00. The Kier molecular flexibility index (Phi) is 2.10. The van der Waals surface area contributed by atoms with Crippen LogP contribution in [-0.4, -0.2) is 9.97 Å². The normalized spacial score (nSPS) is 13.7. The molecule has 0 aromatic carbocycles. The summed E-state index contributed by atoms with van der Waals surface area (Å²) in [7, 11) is 0. The minimum absolute atomic E-state index is 0.785. The molecule has 0 atom stereocenters. The van der Waals surface area contributed by atoms with E-state index in [-0.39, 0.29) is 0 Å². The Morgan fingerprint density at radius 3 is 3.12 bits per heavy atom. The van der Waals surface area contributed by atoms with Gasteiger partial charge in [-0.15, -0.1) is 0 Å². The minimum Gasteiger partial charge on any atom is -0.441 e. The number of hydrogen-bond donors (Lipinski definition) is 0. The van der Waals surface area contributed by atoms with Gasteiger partial charge in [-0.05, 0) is 6.07 Å². The molecule has 0 unspecified atom stereocenters. The maximum absolute atomic E-state index is 5.67. The van der Waals surface area contributed by atoms with Crippen LogP contribution in [0.5, 0.6) is 0 Å². The van der Waals surface area contributed by atoms with E-state index < -0.39 is 0 Å². The van der Waals surface area contributed by atoms with Gasteiger partial charge in [-0.1, -0.05) is 19.1 Å². The van der Waals surface area contributed by atoms with Gasteiger partial charge in [0.15, 0.2) is 11.7 Å². The number of allylic oxidation sites excluding steroid dienone is 1. The van der Waals surface area contributed by atoms with Crippen molar-refractivity contribution in [2.24, 2.45) is 0 Å². The first-order chi connectivity index (χ1) is 7.88. The molecule has 0 saturated carbocycles. The Morgan fingerprint density at radius 1 is 1.38 bits per heavy atom. The zero-order valence-corrected chi connectivity index (χ0v) is 9.10. The number of oxazole rings is 1. The number of rotatable bonds is 2. The van der Waals surface area contributed by atoms with Crippen molar-refractivity contribution in [2.45, 2.75) is 19.8 Å². The Labute approximate surface area is 93.9 Å². The highest BCUT2D eigenvalue weighted by Gasteiger charge is 2.18. The van der Waals surface area contributed by atoms with Gasteiger partial charge in [-0.3, -0.25) is 4.98 Å². The smallest absolute Gasteiger partial charge is 0.194 e. The number of nitrogens with zero attached hydrogens (tertiary/aromatic N) is 2. The molecule has 3 heteroatoms. The van der Waals surface area contributed by atoms with Crippen LogP contribution in [0.15, 0.2) is 35.0 Å². The molecule has 0 bridgehead atoms. The molecule has 0 fully saturated rings. The predicted molar refractivity (Wildman–Crippen MR) is 60.9 cm³/mol. The monoisotopic (exact) mass is 212 g/mol. The van der Waals surface area contributed by atoms with Crippen molar-refractivity contribution in [2.75, 3.05) is 0 Å². The molecule has 0 radical (unpaired) electrons. The standard InChI is InChI=1S/C13H12N2O/c1-2-13-15-8-12(16-13)10-5-6-11-9(10)4-3-7-14-11/h3-5,7-8H,2,6H2,1H3. The Morgan fingerprint density at radius 2 is 2.31 bits per heavy atom. The van der Waals surface area contributed by atoms with Gasteiger partial charge in [0.05, 0.1) is 11.9 Å². The summed E-state index contributed by atoms with van der Waals surface area (Å²) in [5.74, 6) is 1.64. The van der Waals surface area contributed by atoms with Crippen LogP contribution in [0, 0.1) is 0 Å². The van der Waals surface area contributed by atoms with Gasteiger partial charge >= 0.3 is 0 Å². The Hall–Kier alpha value is -1.90. The fourth-order valence-electron chi connectivity index (χ4n) is 1.99. The predicted octanol–water partition coefficient (Wildman–Crippen LogP) is 2.62. The van der Waals surface area contributed by atoms with Gasteiger partial charge in [0.2, 0.25) is 0 Å². The summed E-state index contributed by atoms with van der Waals surface area (Å²) < 4.78 is 5.67. The number of aromatic nitrogens is 2. The Balaban J connectivity index is 2.04. The molecular weight excluding hydrogens is 200 g/mol. The van der Waals surface area contributed by atoms with Gasteiger partial charge in [-0.25, -0.2) is 4.98 Å². The summed E-state index contributed by atoms with van der Waals surface area (Å²) >= 11 is 0. The number of fused-ring (bicyclic) bond motifs is 1. The van der Waals surface area contributed by atoms with Crippen LogP contribution in [0.3, 0.4) is 0 Å². The maximum Gasteiger partial charge on any atom is 0.194 e. The molecule has 2 heterocycles. The van der Waals surface area contributed by atoms with Crippen LogP contribution >= 0.6 is 0 Å². The molecular formula is C13H12N2O. The van der Waals surface area contributed by atoms with Gasteiger partial charge < -0.3 is 4.42 Å². The average Bonchev–Trinajstić information content (AvgIpc) is 2.94. The molecule has 0 spiro atoms. The molecule has 1 aliphatic carbocycles. The SMILES string of the molecule is CCc1ncc(C2=CCc3ncccc32)o1. The third-order valence-electron chi connectivity index (χ3n) is 2.80. The largest absolute Gasteiger partial charge is 0.441 e. The molecule has 3 rings (SSSR count). The summed E-state index contributed by atoms with van der Waals surface area (Å²) in [6, 6.07) is 4.03. The van der Waals surface area contributed by atoms with E-state index in [1.807, 2.05) is 19.2 Å². The van der Waals surface area contributed by atoms with Gasteiger partial charge in [0.25, 0.3) is 0 Å². The molecule has 0 saturated heterocycles. The minimum atomic E-state index is 0.785. The van der Waals surface area contributed by atoms with Crippen LogP contribution in [0.1, 0.15) is 29.8 Å². The second-order valence-corrected chi connectivity index (χ2v) is 3.79. The van der Waals surface area contributed by atoms with Crippen LogP contribution < -0.4 is 0 Å². The lowest BCUT2D eigenvalue weighted by atomic mass is 10.1. The molecule has 2 aromatic rings. The molecule has 3 nitrogen and oxygen atoms in total. The van der Waals surface area contributed by atoms with Crippen molar-refractivity contribution >= 4 is 5.57 Å². The van der Waals surface area contributed by atoms with Crippen molar-refractivity contribution in [1.82, 2.24) is 9.97 Å². The van der Waals surface area contributed by atoms with Gasteiger partial charge in [0.1, 0.15) is 0 Å². The lowest BCUT2D eigenvalue weighted by molar-refractivity contribution is 0.492. The van der Waals surface area contributed by atoms with E-state index in [0.29, 0.717) is 0 Å². The first kappa shape index (κ1) is 9.33. The van der Waals surface area contributed by atoms with E-state index in [4.69, 9.17) is 4.42 Å². The van der Waals surface area contributed by atoms with E-state index in [1.54, 1.807) is 6.20 Å². The van der Waals surface area contributed by atoms with Gasteiger partial charge in [-0.2, -0.15) is 0 Å². The third-order valence-corrected chi connectivity index (χ3v) is 2.80. The van der Waals surface area contributed by atoms with Crippen molar-refractivity contribution in [3.63, 3.8) is 0 Å². The third kappa shape index (κ3) is 1.36. The van der Waals surface area contributed by atoms with Crippen LogP contribution in [0.2, 0.25) is 0 Å². The summed E-state index contributed by atoms with van der Waals surface area (Å²) in [5.41, 5.74) is 3.41. The summed E-state index contributed by atoms with van der Waals surface area (Å²) in [4.78, 5) is 8.57. The average molecular weight is 212 g/mol. The summed E-state index contributed by atoms with van der Waals surface area (Å²) in [6.07, 6.45) is 7.48. The topological polar surface area (TPSA) is 38.9 Å². The number of pyridine rings is 1. The fraction of sp³-hybridized carbons (Fsp3) is 0.231. The van der Waals surface area contributed by atoms with Gasteiger partial charge in [0, 0.05) is 30.2 Å². The second-order valence-electron chi connectivity index (χ2n) is 3.79. The summed E-state index contributed by atoms with van der Waals surface area (Å²) in [6.45, 7) is 2.04. The maximum atomic E-state index is 5.67. The highest BCUT2D eigenvalue weighted by Crippen LogP contribution is 2.31. The zero-order chi connectivity index (χ0) is 11.0. The molecule has 1 aliphatic rings. The zero-order valence-electron chi connectivity index (χ0n) is 9.10. The number of hydrogen-bond acceptors (Lipinski definition) is 3. The first-order valence-electron chi connectivity index (χ1n) is 5.48. The van der Waals surface area contributed by atoms with Crippen molar-refractivity contribution in [3.8, 4) is 0 Å². The molecule has 0 N–H and O–H groups in total. The highest BCUT2D eigenvalue weighted by atomic mass is 16.4. The summed E-state index contributed by atoms with van der Waals surface area (Å²) in [5, 5.41) is 0. The second kappa shape index (κ2) is 3.59. The molecule has 16 heavy (non-hydrogen) atoms. The van der Waals surface area contributed by atoms with E-state index in [2.05, 4.69) is 22.1 Å². The number of aryl methyl sites for hydroxylation is 1. The quantitative estimate of drug-likeness (QED) is 0.768. The van der Waals surface area contributed by atoms with Crippen molar-refractivity contribution < 1.29 is 4.42 Å². The molecule has 80 valence electrons. The first-order valence-corrected chi connectivity index (χ1v) is 5.48. The Bertz CT molecular complexity index is 555.